The van der Waals surface area contributed by atoms with Crippen LogP contribution in [-0.4, -0.2) is 9.13 Å². The highest BCUT2D eigenvalue weighted by atomic mass is 15.0. The van der Waals surface area contributed by atoms with E-state index in [4.69, 9.17) is 0 Å². The van der Waals surface area contributed by atoms with Crippen LogP contribution in [-0.2, 0) is 0 Å². The van der Waals surface area contributed by atoms with Crippen molar-refractivity contribution in [3.05, 3.63) is 145 Å². The van der Waals surface area contributed by atoms with Crippen LogP contribution >= 0.6 is 0 Å². The summed E-state index contributed by atoms with van der Waals surface area (Å²) in [5, 5.41) is 5.10. The van der Waals surface area contributed by atoms with Crippen molar-refractivity contribution in [3.63, 3.8) is 0 Å². The van der Waals surface area contributed by atoms with E-state index in [2.05, 4.69) is 156 Å². The molecule has 6 aromatic carbocycles. The first-order valence-corrected chi connectivity index (χ1v) is 13.9. The average Bonchev–Trinajstić information content (AvgIpc) is 3.50. The first kappa shape index (κ1) is 22.9. The molecule has 190 valence electrons. The van der Waals surface area contributed by atoms with E-state index in [1.54, 1.807) is 0 Å². The number of hydrogen-bond donors (Lipinski definition) is 0. The molecule has 0 N–H and O–H groups in total. The summed E-state index contributed by atoms with van der Waals surface area (Å²) in [7, 11) is 0. The molecule has 40 heavy (non-hydrogen) atoms. The molecule has 0 fully saturated rings. The second-order valence-corrected chi connectivity index (χ2v) is 10.8. The number of hydrogen-bond acceptors (Lipinski definition) is 0. The molecule has 2 aromatic heterocycles. The molecule has 2 heterocycles. The van der Waals surface area contributed by atoms with Gasteiger partial charge in [-0.05, 0) is 62.4 Å². The summed E-state index contributed by atoms with van der Waals surface area (Å²) in [5.41, 5.74) is 12.2. The fourth-order valence-corrected chi connectivity index (χ4v) is 6.49. The Kier molecular flexibility index (Phi) is 4.99. The summed E-state index contributed by atoms with van der Waals surface area (Å²) in [5.74, 6) is 0. The Bertz CT molecular complexity index is 1970. The van der Waals surface area contributed by atoms with Crippen molar-refractivity contribution in [2.24, 2.45) is 0 Å². The van der Waals surface area contributed by atoms with Crippen LogP contribution in [0.3, 0.4) is 0 Å². The number of aryl methyl sites for hydroxylation is 2. The highest BCUT2D eigenvalue weighted by Crippen LogP contribution is 2.41. The molecule has 0 spiro atoms. The summed E-state index contributed by atoms with van der Waals surface area (Å²) in [4.78, 5) is 0. The molecular weight excluding hydrogens is 484 g/mol. The summed E-state index contributed by atoms with van der Waals surface area (Å²) >= 11 is 0. The van der Waals surface area contributed by atoms with Crippen molar-refractivity contribution >= 4 is 43.6 Å². The first-order chi connectivity index (χ1) is 19.7. The number of rotatable bonds is 3. The third-order valence-corrected chi connectivity index (χ3v) is 8.24. The van der Waals surface area contributed by atoms with Crippen molar-refractivity contribution < 1.29 is 0 Å². The van der Waals surface area contributed by atoms with E-state index in [0.717, 1.165) is 0 Å². The molecule has 8 aromatic rings. The second kappa shape index (κ2) is 8.72. The summed E-state index contributed by atoms with van der Waals surface area (Å²) in [6, 6.07) is 48.8. The minimum atomic E-state index is 1.19. The monoisotopic (exact) mass is 512 g/mol. The maximum atomic E-state index is 2.44. The zero-order chi connectivity index (χ0) is 26.8. The first-order valence-electron chi connectivity index (χ1n) is 13.9. The van der Waals surface area contributed by atoms with E-state index >= 15 is 0 Å². The normalized spacial score (nSPS) is 11.8. The standard InChI is InChI=1S/C38H28N2/c1-25-19-21-37(39-33-15-7-3-11-27(33)28-12-4-8-16-34(28)39)31(23-25)32-24-26(2)20-22-38(32)40-35-17-9-5-13-29(35)30-14-6-10-18-36(30)40/h3-24H,1-2H3. The van der Waals surface area contributed by atoms with Gasteiger partial charge in [0.25, 0.3) is 0 Å². The largest absolute Gasteiger partial charge is 0.309 e. The molecular formula is C38H28N2. The van der Waals surface area contributed by atoms with Gasteiger partial charge < -0.3 is 9.13 Å². The highest BCUT2D eigenvalue weighted by molar-refractivity contribution is 6.11. The van der Waals surface area contributed by atoms with Crippen LogP contribution in [0.1, 0.15) is 11.1 Å². The highest BCUT2D eigenvalue weighted by Gasteiger charge is 2.20. The van der Waals surface area contributed by atoms with Gasteiger partial charge in [-0.2, -0.15) is 0 Å². The van der Waals surface area contributed by atoms with Crippen LogP contribution < -0.4 is 0 Å². The molecule has 0 bridgehead atoms. The second-order valence-electron chi connectivity index (χ2n) is 10.8. The van der Waals surface area contributed by atoms with Gasteiger partial charge in [0.1, 0.15) is 0 Å². The molecule has 0 saturated carbocycles. The summed E-state index contributed by atoms with van der Waals surface area (Å²) in [6.45, 7) is 4.38. The van der Waals surface area contributed by atoms with E-state index in [1.165, 1.54) is 77.2 Å². The van der Waals surface area contributed by atoms with Gasteiger partial charge >= 0.3 is 0 Å². The van der Waals surface area contributed by atoms with Crippen molar-refractivity contribution in [2.75, 3.05) is 0 Å². The van der Waals surface area contributed by atoms with Crippen molar-refractivity contribution in [1.82, 2.24) is 9.13 Å². The third kappa shape index (κ3) is 3.29. The number of nitrogens with zero attached hydrogens (tertiary/aromatic N) is 2. The van der Waals surface area contributed by atoms with Gasteiger partial charge in [0.05, 0.1) is 33.4 Å². The number of fused-ring (bicyclic) bond motifs is 6. The summed E-state index contributed by atoms with van der Waals surface area (Å²) in [6.07, 6.45) is 0. The van der Waals surface area contributed by atoms with Gasteiger partial charge in [-0.1, -0.05) is 96.1 Å². The minimum Gasteiger partial charge on any atom is -0.309 e. The van der Waals surface area contributed by atoms with Crippen LogP contribution in [0, 0.1) is 13.8 Å². The lowest BCUT2D eigenvalue weighted by Gasteiger charge is -2.19. The van der Waals surface area contributed by atoms with Crippen LogP contribution in [0.25, 0.3) is 66.1 Å². The Labute approximate surface area is 233 Å². The molecule has 0 unspecified atom stereocenters. The quantitative estimate of drug-likeness (QED) is 0.223. The van der Waals surface area contributed by atoms with Gasteiger partial charge in [0, 0.05) is 32.7 Å². The third-order valence-electron chi connectivity index (χ3n) is 8.24. The van der Waals surface area contributed by atoms with E-state index in [-0.39, 0.29) is 0 Å². The fraction of sp³-hybridized carbons (Fsp3) is 0.0526. The minimum absolute atomic E-state index is 1.19. The van der Waals surface area contributed by atoms with E-state index in [9.17, 15) is 0 Å². The Balaban J connectivity index is 1.50. The molecule has 2 nitrogen and oxygen atoms in total. The molecule has 8 rings (SSSR count). The van der Waals surface area contributed by atoms with Gasteiger partial charge in [-0.3, -0.25) is 0 Å². The smallest absolute Gasteiger partial charge is 0.0541 e. The lowest BCUT2D eigenvalue weighted by molar-refractivity contribution is 1.15. The maximum absolute atomic E-state index is 2.44. The van der Waals surface area contributed by atoms with Crippen molar-refractivity contribution in [1.29, 1.82) is 0 Å². The Morgan fingerprint density at radius 1 is 0.350 bits per heavy atom. The Morgan fingerprint density at radius 2 is 0.650 bits per heavy atom. The van der Waals surface area contributed by atoms with Crippen LogP contribution in [0.5, 0.6) is 0 Å². The molecule has 0 atom stereocenters. The van der Waals surface area contributed by atoms with Gasteiger partial charge in [0.15, 0.2) is 0 Å². The SMILES string of the molecule is Cc1ccc(-n2c3ccccc3c3ccccc32)c(-c2cc(C)ccc2-n2c3ccccc3c3ccccc32)c1. The Hall–Kier alpha value is -5.08. The zero-order valence-corrected chi connectivity index (χ0v) is 22.6. The molecule has 0 amide bonds. The predicted molar refractivity (Wildman–Crippen MR) is 170 cm³/mol. The maximum Gasteiger partial charge on any atom is 0.0541 e. The van der Waals surface area contributed by atoms with Gasteiger partial charge in [-0.25, -0.2) is 0 Å². The fourth-order valence-electron chi connectivity index (χ4n) is 6.49. The van der Waals surface area contributed by atoms with Crippen molar-refractivity contribution in [2.45, 2.75) is 13.8 Å². The number of benzene rings is 6. The zero-order valence-electron chi connectivity index (χ0n) is 22.6. The average molecular weight is 513 g/mol. The molecule has 0 saturated heterocycles. The van der Waals surface area contributed by atoms with E-state index in [0.29, 0.717) is 0 Å². The molecule has 0 aliphatic carbocycles. The Morgan fingerprint density at radius 3 is 0.975 bits per heavy atom. The van der Waals surface area contributed by atoms with Crippen LogP contribution in [0.15, 0.2) is 133 Å². The summed E-state index contributed by atoms with van der Waals surface area (Å²) < 4.78 is 4.88. The molecule has 0 aliphatic rings. The van der Waals surface area contributed by atoms with Gasteiger partial charge in [-0.15, -0.1) is 0 Å². The molecule has 2 heteroatoms. The van der Waals surface area contributed by atoms with Gasteiger partial charge in [0.2, 0.25) is 0 Å². The lowest BCUT2D eigenvalue weighted by Crippen LogP contribution is -2.02. The topological polar surface area (TPSA) is 9.86 Å². The number of aromatic nitrogens is 2. The number of para-hydroxylation sites is 4. The lowest BCUT2D eigenvalue weighted by atomic mass is 9.97. The molecule has 0 aliphatic heterocycles. The molecule has 0 radical (unpaired) electrons. The van der Waals surface area contributed by atoms with Crippen LogP contribution in [0.2, 0.25) is 0 Å². The van der Waals surface area contributed by atoms with E-state index in [1.807, 2.05) is 0 Å². The predicted octanol–water partition coefficient (Wildman–Crippen LogP) is 10.2. The van der Waals surface area contributed by atoms with E-state index < -0.39 is 0 Å². The van der Waals surface area contributed by atoms with Crippen LogP contribution in [0.4, 0.5) is 0 Å². The van der Waals surface area contributed by atoms with Crippen molar-refractivity contribution in [3.8, 4) is 22.5 Å².